The number of unbranched alkanes of at least 4 members (excludes halogenated alkanes) is 1. The van der Waals surface area contributed by atoms with Crippen LogP contribution in [0, 0.1) is 0 Å². The molecule has 0 spiro atoms. The Kier molecular flexibility index (Phi) is 8.08. The van der Waals surface area contributed by atoms with Crippen LogP contribution in [-0.4, -0.2) is 17.1 Å². The lowest BCUT2D eigenvalue weighted by molar-refractivity contribution is -0.143. The summed E-state index contributed by atoms with van der Waals surface area (Å²) in [6, 6.07) is 4.76. The molecule has 3 heteroatoms. The van der Waals surface area contributed by atoms with E-state index >= 15 is 0 Å². The predicted molar refractivity (Wildman–Crippen MR) is 82.9 cm³/mol. The van der Waals surface area contributed by atoms with Crippen molar-refractivity contribution in [2.75, 3.05) is 6.61 Å². The third-order valence-corrected chi connectivity index (χ3v) is 3.66. The molecule has 0 aliphatic carbocycles. The fourth-order valence-electron chi connectivity index (χ4n) is 2.63. The van der Waals surface area contributed by atoms with Crippen LogP contribution in [0.4, 0.5) is 0 Å². The van der Waals surface area contributed by atoms with E-state index in [1.807, 2.05) is 6.92 Å². The Bertz CT molecular complexity index is 384. The van der Waals surface area contributed by atoms with Gasteiger partial charge >= 0.3 is 5.97 Å². The number of nitrogens with zero attached hydrogens (tertiary/aromatic N) is 1. The van der Waals surface area contributed by atoms with E-state index in [-0.39, 0.29) is 5.97 Å². The van der Waals surface area contributed by atoms with Gasteiger partial charge in [0, 0.05) is 24.4 Å². The van der Waals surface area contributed by atoms with Crippen molar-refractivity contribution in [2.45, 2.75) is 71.8 Å². The molecule has 0 saturated carbocycles. The second kappa shape index (κ2) is 9.62. The number of hydrogen-bond donors (Lipinski definition) is 0. The summed E-state index contributed by atoms with van der Waals surface area (Å²) in [6.07, 6.45) is 9.38. The molecule has 0 aliphatic heterocycles. The topological polar surface area (TPSA) is 31.2 Å². The van der Waals surface area contributed by atoms with Crippen LogP contribution in [0.15, 0.2) is 18.3 Å². The summed E-state index contributed by atoms with van der Waals surface area (Å²) < 4.78 is 7.41. The van der Waals surface area contributed by atoms with Gasteiger partial charge in [-0.25, -0.2) is 0 Å². The third kappa shape index (κ3) is 5.40. The lowest BCUT2D eigenvalue weighted by atomic mass is 10.1. The Morgan fingerprint density at radius 3 is 2.70 bits per heavy atom. The van der Waals surface area contributed by atoms with Crippen LogP contribution in [0.3, 0.4) is 0 Å². The van der Waals surface area contributed by atoms with Crippen LogP contribution < -0.4 is 0 Å². The Morgan fingerprint density at radius 2 is 2.05 bits per heavy atom. The van der Waals surface area contributed by atoms with Gasteiger partial charge in [0.2, 0.25) is 0 Å². The largest absolute Gasteiger partial charge is 0.466 e. The van der Waals surface area contributed by atoms with Crippen molar-refractivity contribution in [3.05, 3.63) is 24.0 Å². The van der Waals surface area contributed by atoms with Gasteiger partial charge in [0.15, 0.2) is 0 Å². The Morgan fingerprint density at radius 1 is 1.25 bits per heavy atom. The number of ether oxygens (including phenoxy) is 1. The minimum absolute atomic E-state index is 0.0733. The smallest absolute Gasteiger partial charge is 0.305 e. The molecule has 20 heavy (non-hydrogen) atoms. The monoisotopic (exact) mass is 279 g/mol. The van der Waals surface area contributed by atoms with E-state index in [0.717, 1.165) is 25.7 Å². The molecule has 0 amide bonds. The fraction of sp³-hybridized carbons (Fsp3) is 0.706. The molecule has 0 saturated heterocycles. The average molecular weight is 279 g/mol. The first-order chi connectivity index (χ1) is 9.72. The highest BCUT2D eigenvalue weighted by Crippen LogP contribution is 2.23. The van der Waals surface area contributed by atoms with Crippen LogP contribution in [0.5, 0.6) is 0 Å². The molecule has 1 aromatic rings. The molecule has 0 aromatic carbocycles. The molecular weight excluding hydrogens is 250 g/mol. The van der Waals surface area contributed by atoms with E-state index in [0.29, 0.717) is 19.1 Å². The molecule has 1 rings (SSSR count). The van der Waals surface area contributed by atoms with Gasteiger partial charge < -0.3 is 9.30 Å². The summed E-state index contributed by atoms with van der Waals surface area (Å²) in [5.41, 5.74) is 1.40. The number of esters is 1. The van der Waals surface area contributed by atoms with Gasteiger partial charge in [-0.2, -0.15) is 0 Å². The molecule has 0 radical (unpaired) electrons. The Balaban J connectivity index is 2.64. The molecule has 0 bridgehead atoms. The van der Waals surface area contributed by atoms with E-state index < -0.39 is 0 Å². The summed E-state index contributed by atoms with van der Waals surface area (Å²) in [6.45, 7) is 6.75. The van der Waals surface area contributed by atoms with E-state index in [9.17, 15) is 4.79 Å². The zero-order valence-electron chi connectivity index (χ0n) is 13.2. The van der Waals surface area contributed by atoms with Crippen molar-refractivity contribution < 1.29 is 9.53 Å². The SMILES string of the molecule is CCCCc1cccn1C(CCC)CCC(=O)OCC. The van der Waals surface area contributed by atoms with Crippen molar-refractivity contribution in [1.29, 1.82) is 0 Å². The molecule has 114 valence electrons. The highest BCUT2D eigenvalue weighted by atomic mass is 16.5. The number of carbonyl (C=O) groups excluding carboxylic acids is 1. The third-order valence-electron chi connectivity index (χ3n) is 3.66. The van der Waals surface area contributed by atoms with Crippen molar-refractivity contribution in [1.82, 2.24) is 4.57 Å². The molecule has 0 aliphatic rings. The minimum atomic E-state index is -0.0733. The maximum absolute atomic E-state index is 11.5. The summed E-state index contributed by atoms with van der Waals surface area (Å²) in [5.74, 6) is -0.0733. The van der Waals surface area contributed by atoms with Gasteiger partial charge in [-0.15, -0.1) is 0 Å². The van der Waals surface area contributed by atoms with Crippen LogP contribution >= 0.6 is 0 Å². The molecule has 0 fully saturated rings. The summed E-state index contributed by atoms with van der Waals surface area (Å²) in [7, 11) is 0. The lowest BCUT2D eigenvalue weighted by Gasteiger charge is -2.21. The van der Waals surface area contributed by atoms with Gasteiger partial charge in [-0.3, -0.25) is 4.79 Å². The van der Waals surface area contributed by atoms with E-state index in [1.54, 1.807) is 0 Å². The number of carbonyl (C=O) groups is 1. The summed E-state index contributed by atoms with van der Waals surface area (Å²) >= 11 is 0. The number of hydrogen-bond acceptors (Lipinski definition) is 2. The highest BCUT2D eigenvalue weighted by Gasteiger charge is 2.15. The summed E-state index contributed by atoms with van der Waals surface area (Å²) in [5, 5.41) is 0. The molecular formula is C17H29NO2. The predicted octanol–water partition coefficient (Wildman–Crippen LogP) is 4.52. The number of aromatic nitrogens is 1. The molecule has 0 N–H and O–H groups in total. The molecule has 1 unspecified atom stereocenters. The van der Waals surface area contributed by atoms with Gasteiger partial charge in [-0.05, 0) is 44.7 Å². The first-order valence-electron chi connectivity index (χ1n) is 8.04. The van der Waals surface area contributed by atoms with Crippen LogP contribution in [0.25, 0.3) is 0 Å². The summed E-state index contributed by atoms with van der Waals surface area (Å²) in [4.78, 5) is 11.5. The van der Waals surface area contributed by atoms with E-state index in [4.69, 9.17) is 4.74 Å². The normalized spacial score (nSPS) is 12.3. The lowest BCUT2D eigenvalue weighted by Crippen LogP contribution is -2.14. The van der Waals surface area contributed by atoms with Crippen molar-refractivity contribution >= 4 is 5.97 Å². The highest BCUT2D eigenvalue weighted by molar-refractivity contribution is 5.69. The standard InChI is InChI=1S/C17H29NO2/c1-4-7-10-16-11-8-14-18(16)15(9-5-2)12-13-17(19)20-6-3/h8,11,14-15H,4-7,9-10,12-13H2,1-3H3. The zero-order valence-corrected chi connectivity index (χ0v) is 13.2. The second-order valence-corrected chi connectivity index (χ2v) is 5.30. The maximum atomic E-state index is 11.5. The molecule has 1 heterocycles. The average Bonchev–Trinajstić information content (AvgIpc) is 2.89. The van der Waals surface area contributed by atoms with E-state index in [2.05, 4.69) is 36.7 Å². The van der Waals surface area contributed by atoms with Gasteiger partial charge in [0.05, 0.1) is 6.61 Å². The minimum Gasteiger partial charge on any atom is -0.466 e. The van der Waals surface area contributed by atoms with Crippen LogP contribution in [0.1, 0.15) is 71.0 Å². The molecule has 1 aromatic heterocycles. The Labute approximate surface area is 123 Å². The van der Waals surface area contributed by atoms with Crippen molar-refractivity contribution in [2.24, 2.45) is 0 Å². The second-order valence-electron chi connectivity index (χ2n) is 5.30. The molecule has 3 nitrogen and oxygen atoms in total. The zero-order chi connectivity index (χ0) is 14.8. The van der Waals surface area contributed by atoms with Crippen molar-refractivity contribution in [3.8, 4) is 0 Å². The van der Waals surface area contributed by atoms with Gasteiger partial charge in [0.1, 0.15) is 0 Å². The fourth-order valence-corrected chi connectivity index (χ4v) is 2.63. The van der Waals surface area contributed by atoms with Crippen LogP contribution in [0.2, 0.25) is 0 Å². The first-order valence-corrected chi connectivity index (χ1v) is 8.04. The Hall–Kier alpha value is -1.25. The quantitative estimate of drug-likeness (QED) is 0.590. The van der Waals surface area contributed by atoms with Crippen molar-refractivity contribution in [3.63, 3.8) is 0 Å². The number of aryl methyl sites for hydroxylation is 1. The first kappa shape index (κ1) is 16.8. The van der Waals surface area contributed by atoms with Gasteiger partial charge in [-0.1, -0.05) is 26.7 Å². The van der Waals surface area contributed by atoms with Gasteiger partial charge in [0.25, 0.3) is 0 Å². The molecule has 1 atom stereocenters. The number of rotatable bonds is 10. The van der Waals surface area contributed by atoms with E-state index in [1.165, 1.54) is 18.5 Å². The maximum Gasteiger partial charge on any atom is 0.305 e. The van der Waals surface area contributed by atoms with Crippen LogP contribution in [-0.2, 0) is 16.0 Å².